The Morgan fingerprint density at radius 1 is 0.810 bits per heavy atom. The molecular weight excluding hydrogens is 528 g/mol. The molecule has 0 spiro atoms. The van der Waals surface area contributed by atoms with Crippen LogP contribution in [-0.2, 0) is 10.3 Å². The van der Waals surface area contributed by atoms with Gasteiger partial charge in [0, 0.05) is 35.5 Å². The molecule has 2 aromatic heterocycles. The topological polar surface area (TPSA) is 111 Å². The SMILES string of the molecule is O=C(O)/C=C/c1cc2c(-c3ccncc3)nn(C(c3ccccc3)(c3ccccc3)c3ccccc3)c2cc1[N+](=O)[O-]. The molecule has 0 aliphatic carbocycles. The molecule has 4 aromatic carbocycles. The van der Waals surface area contributed by atoms with Crippen molar-refractivity contribution in [3.63, 3.8) is 0 Å². The number of nitro benzene ring substituents is 1. The van der Waals surface area contributed by atoms with Gasteiger partial charge in [-0.1, -0.05) is 91.0 Å². The Kier molecular flexibility index (Phi) is 6.86. The molecule has 0 amide bonds. The number of aliphatic carboxylic acids is 1. The Bertz CT molecular complexity index is 1820. The maximum atomic E-state index is 12.3. The molecule has 0 radical (unpaired) electrons. The summed E-state index contributed by atoms with van der Waals surface area (Å²) in [5.74, 6) is -1.20. The highest BCUT2D eigenvalue weighted by molar-refractivity contribution is 5.98. The van der Waals surface area contributed by atoms with Gasteiger partial charge < -0.3 is 5.11 Å². The van der Waals surface area contributed by atoms with E-state index in [0.29, 0.717) is 16.6 Å². The number of rotatable bonds is 8. The van der Waals surface area contributed by atoms with E-state index in [1.807, 2.05) is 108 Å². The molecule has 0 bridgehead atoms. The second-order valence-electron chi connectivity index (χ2n) is 9.66. The predicted molar refractivity (Wildman–Crippen MR) is 161 cm³/mol. The van der Waals surface area contributed by atoms with E-state index in [1.165, 1.54) is 12.1 Å². The summed E-state index contributed by atoms with van der Waals surface area (Å²) in [4.78, 5) is 27.3. The lowest BCUT2D eigenvalue weighted by molar-refractivity contribution is -0.385. The van der Waals surface area contributed by atoms with Crippen molar-refractivity contribution >= 4 is 28.6 Å². The van der Waals surface area contributed by atoms with E-state index in [-0.39, 0.29) is 11.3 Å². The number of nitrogens with zero attached hydrogens (tertiary/aromatic N) is 4. The van der Waals surface area contributed by atoms with Crippen molar-refractivity contribution in [2.75, 3.05) is 0 Å². The van der Waals surface area contributed by atoms with Gasteiger partial charge in [0.1, 0.15) is 11.2 Å². The standard InChI is InChI=1S/C34H24N4O4/c39-32(40)17-16-25-22-29-31(23-30(25)38(41)42)37(36-33(29)24-18-20-35-21-19-24)34(26-10-4-1-5-11-26,27-12-6-2-7-13-27)28-14-8-3-9-15-28/h1-23H,(H,39,40)/b17-16+. The highest BCUT2D eigenvalue weighted by Gasteiger charge is 2.41. The van der Waals surface area contributed by atoms with E-state index >= 15 is 0 Å². The van der Waals surface area contributed by atoms with E-state index in [2.05, 4.69) is 4.98 Å². The van der Waals surface area contributed by atoms with Crippen molar-refractivity contribution in [3.05, 3.63) is 166 Å². The third-order valence-electron chi connectivity index (χ3n) is 7.28. The molecule has 1 N–H and O–H groups in total. The Hall–Kier alpha value is -5.89. The van der Waals surface area contributed by atoms with Crippen LogP contribution in [-0.4, -0.2) is 30.8 Å². The van der Waals surface area contributed by atoms with Gasteiger partial charge in [-0.3, -0.25) is 15.1 Å². The normalized spacial score (nSPS) is 11.6. The van der Waals surface area contributed by atoms with Crippen LogP contribution in [0.4, 0.5) is 5.69 Å². The summed E-state index contributed by atoms with van der Waals surface area (Å²) in [6, 6.07) is 36.5. The van der Waals surface area contributed by atoms with Crippen LogP contribution >= 0.6 is 0 Å². The minimum Gasteiger partial charge on any atom is -0.478 e. The smallest absolute Gasteiger partial charge is 0.328 e. The van der Waals surface area contributed by atoms with Crippen LogP contribution in [0.25, 0.3) is 28.2 Å². The first-order valence-electron chi connectivity index (χ1n) is 13.2. The summed E-state index contributed by atoms with van der Waals surface area (Å²) < 4.78 is 1.86. The van der Waals surface area contributed by atoms with Crippen molar-refractivity contribution in [2.45, 2.75) is 5.54 Å². The van der Waals surface area contributed by atoms with Crippen LogP contribution in [0.1, 0.15) is 22.3 Å². The number of nitro groups is 1. The number of carbonyl (C=O) groups is 1. The molecule has 0 aliphatic rings. The van der Waals surface area contributed by atoms with Crippen molar-refractivity contribution in [2.24, 2.45) is 0 Å². The lowest BCUT2D eigenvalue weighted by Crippen LogP contribution is -2.38. The number of carboxylic acid groups (broad SMARTS) is 1. The monoisotopic (exact) mass is 552 g/mol. The molecule has 6 aromatic rings. The number of pyridine rings is 1. The van der Waals surface area contributed by atoms with Gasteiger partial charge in [0.25, 0.3) is 5.69 Å². The van der Waals surface area contributed by atoms with Crippen LogP contribution in [0.15, 0.2) is 134 Å². The van der Waals surface area contributed by atoms with Gasteiger partial charge in [0.2, 0.25) is 0 Å². The molecule has 8 nitrogen and oxygen atoms in total. The maximum Gasteiger partial charge on any atom is 0.328 e. The molecule has 6 rings (SSSR count). The zero-order chi connectivity index (χ0) is 29.1. The third kappa shape index (κ3) is 4.50. The number of aromatic nitrogens is 3. The zero-order valence-electron chi connectivity index (χ0n) is 22.2. The Balaban J connectivity index is 1.82. The minimum atomic E-state index is -1.20. The molecule has 0 saturated heterocycles. The van der Waals surface area contributed by atoms with E-state index in [9.17, 15) is 20.0 Å². The third-order valence-corrected chi connectivity index (χ3v) is 7.28. The first-order valence-corrected chi connectivity index (χ1v) is 13.2. The quantitative estimate of drug-likeness (QED) is 0.0947. The highest BCUT2D eigenvalue weighted by atomic mass is 16.6. The lowest BCUT2D eigenvalue weighted by atomic mass is 9.77. The summed E-state index contributed by atoms with van der Waals surface area (Å²) in [7, 11) is 0. The fourth-order valence-corrected chi connectivity index (χ4v) is 5.50. The molecule has 0 atom stereocenters. The molecule has 0 unspecified atom stereocenters. The van der Waals surface area contributed by atoms with E-state index < -0.39 is 16.4 Å². The molecule has 0 fully saturated rings. The first kappa shape index (κ1) is 26.3. The van der Waals surface area contributed by atoms with Crippen LogP contribution in [0.5, 0.6) is 0 Å². The van der Waals surface area contributed by atoms with Crippen LogP contribution < -0.4 is 0 Å². The predicted octanol–water partition coefficient (Wildman–Crippen LogP) is 6.94. The summed E-state index contributed by atoms with van der Waals surface area (Å²) in [6.07, 6.45) is 5.46. The number of hydrogen-bond donors (Lipinski definition) is 1. The second kappa shape index (κ2) is 10.9. The van der Waals surface area contributed by atoms with Crippen molar-refractivity contribution in [1.82, 2.24) is 14.8 Å². The van der Waals surface area contributed by atoms with Gasteiger partial charge in [0.15, 0.2) is 0 Å². The molecule has 42 heavy (non-hydrogen) atoms. The molecule has 0 aliphatic heterocycles. The largest absolute Gasteiger partial charge is 0.478 e. The first-order chi connectivity index (χ1) is 20.5. The molecule has 0 saturated carbocycles. The van der Waals surface area contributed by atoms with Gasteiger partial charge in [0.05, 0.1) is 16.0 Å². The minimum absolute atomic E-state index is 0.162. The highest BCUT2D eigenvalue weighted by Crippen LogP contribution is 2.45. The fourth-order valence-electron chi connectivity index (χ4n) is 5.50. The average molecular weight is 553 g/mol. The molecule has 2 heterocycles. The zero-order valence-corrected chi connectivity index (χ0v) is 22.2. The number of hydrogen-bond acceptors (Lipinski definition) is 5. The Morgan fingerprint density at radius 3 is 1.81 bits per heavy atom. The number of benzene rings is 4. The summed E-state index contributed by atoms with van der Waals surface area (Å²) in [6.45, 7) is 0. The Labute approximate surface area is 241 Å². The van der Waals surface area contributed by atoms with E-state index in [4.69, 9.17) is 5.10 Å². The van der Waals surface area contributed by atoms with Gasteiger partial charge in [-0.25, -0.2) is 9.48 Å². The van der Waals surface area contributed by atoms with Crippen molar-refractivity contribution < 1.29 is 14.8 Å². The molecule has 8 heteroatoms. The molecular formula is C34H24N4O4. The summed E-state index contributed by atoms with van der Waals surface area (Å²) >= 11 is 0. The van der Waals surface area contributed by atoms with Gasteiger partial charge in [-0.05, 0) is 41.0 Å². The number of carboxylic acids is 1. The van der Waals surface area contributed by atoms with Crippen molar-refractivity contribution in [3.8, 4) is 11.3 Å². The maximum absolute atomic E-state index is 12.3. The van der Waals surface area contributed by atoms with Crippen LogP contribution in [0.3, 0.4) is 0 Å². The second-order valence-corrected chi connectivity index (χ2v) is 9.66. The van der Waals surface area contributed by atoms with Crippen LogP contribution in [0.2, 0.25) is 0 Å². The van der Waals surface area contributed by atoms with Gasteiger partial charge >= 0.3 is 5.97 Å². The lowest BCUT2D eigenvalue weighted by Gasteiger charge is -2.37. The summed E-state index contributed by atoms with van der Waals surface area (Å²) in [5, 5.41) is 27.5. The van der Waals surface area contributed by atoms with E-state index in [0.717, 1.165) is 28.3 Å². The van der Waals surface area contributed by atoms with Crippen molar-refractivity contribution in [1.29, 1.82) is 0 Å². The fraction of sp³-hybridized carbons (Fsp3) is 0.0294. The number of fused-ring (bicyclic) bond motifs is 1. The van der Waals surface area contributed by atoms with E-state index in [1.54, 1.807) is 18.5 Å². The summed E-state index contributed by atoms with van der Waals surface area (Å²) in [5.41, 5.74) is 3.48. The van der Waals surface area contributed by atoms with Gasteiger partial charge in [-0.15, -0.1) is 0 Å². The average Bonchev–Trinajstić information content (AvgIpc) is 3.40. The van der Waals surface area contributed by atoms with Gasteiger partial charge in [-0.2, -0.15) is 5.10 Å². The van der Waals surface area contributed by atoms with Crippen LogP contribution in [0, 0.1) is 10.1 Å². The molecule has 204 valence electrons. The Morgan fingerprint density at radius 2 is 1.33 bits per heavy atom.